The SMILES string of the molecule is COc1c(F)ccc(F)c1[C@@H]1C[C@@H](O)C(=O)N1Cc1ccc(OC(F)(F)F)cc1. The summed E-state index contributed by atoms with van der Waals surface area (Å²) in [6, 6.07) is 5.49. The molecule has 0 aromatic heterocycles. The van der Waals surface area contributed by atoms with E-state index >= 15 is 0 Å². The number of amides is 1. The largest absolute Gasteiger partial charge is 0.573 e. The molecule has 156 valence electrons. The Labute approximate surface area is 162 Å². The molecule has 0 spiro atoms. The van der Waals surface area contributed by atoms with Crippen LogP contribution in [-0.4, -0.2) is 35.5 Å². The molecule has 1 aliphatic rings. The van der Waals surface area contributed by atoms with Crippen LogP contribution in [0.25, 0.3) is 0 Å². The highest BCUT2D eigenvalue weighted by atomic mass is 19.4. The van der Waals surface area contributed by atoms with Gasteiger partial charge in [0.05, 0.1) is 18.7 Å². The number of carbonyl (C=O) groups excluding carboxylic acids is 1. The molecule has 1 fully saturated rings. The van der Waals surface area contributed by atoms with Crippen molar-refractivity contribution in [1.82, 2.24) is 4.90 Å². The molecule has 2 aromatic rings. The number of rotatable bonds is 5. The monoisotopic (exact) mass is 417 g/mol. The minimum absolute atomic E-state index is 0.147. The third-order valence-corrected chi connectivity index (χ3v) is 4.53. The number of aliphatic hydroxyl groups is 1. The lowest BCUT2D eigenvalue weighted by Crippen LogP contribution is -2.31. The zero-order valence-electron chi connectivity index (χ0n) is 15.0. The third-order valence-electron chi connectivity index (χ3n) is 4.53. The summed E-state index contributed by atoms with van der Waals surface area (Å²) in [5.74, 6) is -3.17. The van der Waals surface area contributed by atoms with E-state index in [1.54, 1.807) is 0 Å². The van der Waals surface area contributed by atoms with Crippen LogP contribution in [0.15, 0.2) is 36.4 Å². The normalized spacial score (nSPS) is 19.6. The van der Waals surface area contributed by atoms with Gasteiger partial charge in [0.2, 0.25) is 0 Å². The molecular formula is C19H16F5NO4. The Morgan fingerprint density at radius 3 is 2.31 bits per heavy atom. The number of halogens is 5. The van der Waals surface area contributed by atoms with E-state index in [2.05, 4.69) is 4.74 Å². The molecule has 3 rings (SSSR count). The molecule has 1 heterocycles. The molecule has 29 heavy (non-hydrogen) atoms. The van der Waals surface area contributed by atoms with Crippen LogP contribution in [0.3, 0.4) is 0 Å². The molecule has 0 aliphatic carbocycles. The summed E-state index contributed by atoms with van der Waals surface area (Å²) in [6.07, 6.45) is -6.46. The molecule has 0 bridgehead atoms. The average molecular weight is 417 g/mol. The van der Waals surface area contributed by atoms with E-state index in [-0.39, 0.29) is 24.3 Å². The molecule has 0 unspecified atom stereocenters. The molecule has 2 atom stereocenters. The van der Waals surface area contributed by atoms with E-state index in [0.29, 0.717) is 5.56 Å². The van der Waals surface area contributed by atoms with Crippen molar-refractivity contribution in [1.29, 1.82) is 0 Å². The Morgan fingerprint density at radius 2 is 1.72 bits per heavy atom. The predicted octanol–water partition coefficient (Wildman–Crippen LogP) is 3.71. The van der Waals surface area contributed by atoms with Crippen LogP contribution in [0.5, 0.6) is 11.5 Å². The molecule has 1 N–H and O–H groups in total. The zero-order chi connectivity index (χ0) is 21.3. The van der Waals surface area contributed by atoms with Gasteiger partial charge in [0, 0.05) is 13.0 Å². The maximum Gasteiger partial charge on any atom is 0.573 e. The first-order valence-electron chi connectivity index (χ1n) is 8.46. The van der Waals surface area contributed by atoms with Crippen molar-refractivity contribution in [2.75, 3.05) is 7.11 Å². The van der Waals surface area contributed by atoms with E-state index < -0.39 is 41.8 Å². The van der Waals surface area contributed by atoms with Crippen LogP contribution in [-0.2, 0) is 11.3 Å². The second-order valence-corrected chi connectivity index (χ2v) is 6.40. The van der Waals surface area contributed by atoms with Gasteiger partial charge in [-0.1, -0.05) is 12.1 Å². The molecule has 0 saturated carbocycles. The summed E-state index contributed by atoms with van der Waals surface area (Å²) >= 11 is 0. The lowest BCUT2D eigenvalue weighted by atomic mass is 10.0. The maximum atomic E-state index is 14.5. The van der Waals surface area contributed by atoms with E-state index in [9.17, 15) is 31.9 Å². The maximum absolute atomic E-state index is 14.5. The Bertz CT molecular complexity index is 901. The van der Waals surface area contributed by atoms with Crippen molar-refractivity contribution < 1.29 is 41.3 Å². The molecular weight excluding hydrogens is 401 g/mol. The highest BCUT2D eigenvalue weighted by Crippen LogP contribution is 2.41. The van der Waals surface area contributed by atoms with Crippen LogP contribution in [0.2, 0.25) is 0 Å². The Morgan fingerprint density at radius 1 is 1.10 bits per heavy atom. The first-order valence-corrected chi connectivity index (χ1v) is 8.46. The summed E-state index contributed by atoms with van der Waals surface area (Å²) in [5.41, 5.74) is 0.192. The van der Waals surface area contributed by atoms with E-state index in [1.165, 1.54) is 12.1 Å². The summed E-state index contributed by atoms with van der Waals surface area (Å²) < 4.78 is 74.0. The standard InChI is InChI=1S/C19H16F5NO4/c1-28-17-13(21)7-6-12(20)16(17)14-8-15(26)18(27)25(14)9-10-2-4-11(5-3-10)29-19(22,23)24/h2-7,14-15,26H,8-9H2,1H3/t14-,15+/m0/s1. The second-order valence-electron chi connectivity index (χ2n) is 6.40. The molecule has 1 saturated heterocycles. The van der Waals surface area contributed by atoms with Gasteiger partial charge in [0.1, 0.15) is 17.7 Å². The van der Waals surface area contributed by atoms with E-state index in [0.717, 1.165) is 36.3 Å². The predicted molar refractivity (Wildman–Crippen MR) is 89.9 cm³/mol. The molecule has 1 amide bonds. The van der Waals surface area contributed by atoms with Gasteiger partial charge in [-0.3, -0.25) is 4.79 Å². The van der Waals surface area contributed by atoms with Crippen LogP contribution in [0.1, 0.15) is 23.6 Å². The van der Waals surface area contributed by atoms with Gasteiger partial charge in [-0.15, -0.1) is 13.2 Å². The fourth-order valence-electron chi connectivity index (χ4n) is 3.31. The molecule has 1 aliphatic heterocycles. The zero-order valence-corrected chi connectivity index (χ0v) is 15.0. The van der Waals surface area contributed by atoms with Crippen molar-refractivity contribution in [3.63, 3.8) is 0 Å². The lowest BCUT2D eigenvalue weighted by Gasteiger charge is -2.26. The van der Waals surface area contributed by atoms with Crippen molar-refractivity contribution in [2.24, 2.45) is 0 Å². The van der Waals surface area contributed by atoms with Crippen LogP contribution in [0, 0.1) is 11.6 Å². The number of likely N-dealkylation sites (tertiary alicyclic amines) is 1. The molecule has 5 nitrogen and oxygen atoms in total. The van der Waals surface area contributed by atoms with Crippen molar-refractivity contribution in [2.45, 2.75) is 31.5 Å². The minimum atomic E-state index is -4.84. The average Bonchev–Trinajstić information content (AvgIpc) is 2.91. The lowest BCUT2D eigenvalue weighted by molar-refractivity contribution is -0.274. The van der Waals surface area contributed by atoms with Gasteiger partial charge < -0.3 is 19.5 Å². The highest BCUT2D eigenvalue weighted by Gasteiger charge is 2.42. The number of nitrogens with zero attached hydrogens (tertiary/aromatic N) is 1. The van der Waals surface area contributed by atoms with Crippen LogP contribution in [0.4, 0.5) is 22.0 Å². The fourth-order valence-corrected chi connectivity index (χ4v) is 3.31. The van der Waals surface area contributed by atoms with Crippen molar-refractivity contribution in [3.8, 4) is 11.5 Å². The summed E-state index contributed by atoms with van der Waals surface area (Å²) in [5, 5.41) is 9.98. The number of benzene rings is 2. The van der Waals surface area contributed by atoms with Gasteiger partial charge in [-0.05, 0) is 29.8 Å². The molecule has 10 heteroatoms. The second kappa shape index (κ2) is 7.86. The smallest absolute Gasteiger partial charge is 0.493 e. The number of alkyl halides is 3. The first-order chi connectivity index (χ1) is 13.6. The number of methoxy groups -OCH3 is 1. The highest BCUT2D eigenvalue weighted by molar-refractivity contribution is 5.83. The number of hydrogen-bond donors (Lipinski definition) is 1. The quantitative estimate of drug-likeness (QED) is 0.754. The number of ether oxygens (including phenoxy) is 2. The van der Waals surface area contributed by atoms with Gasteiger partial charge >= 0.3 is 6.36 Å². The van der Waals surface area contributed by atoms with Gasteiger partial charge in [0.25, 0.3) is 5.91 Å². The van der Waals surface area contributed by atoms with Gasteiger partial charge in [-0.25, -0.2) is 8.78 Å². The summed E-state index contributed by atoms with van der Waals surface area (Å²) in [4.78, 5) is 13.5. The third kappa shape index (κ3) is 4.42. The van der Waals surface area contributed by atoms with Crippen molar-refractivity contribution in [3.05, 3.63) is 59.2 Å². The molecule has 0 radical (unpaired) electrons. The summed E-state index contributed by atoms with van der Waals surface area (Å²) in [6.45, 7) is -0.147. The minimum Gasteiger partial charge on any atom is -0.493 e. The Hall–Kier alpha value is -2.88. The fraction of sp³-hybridized carbons (Fsp3) is 0.316. The Balaban J connectivity index is 1.90. The van der Waals surface area contributed by atoms with Gasteiger partial charge in [-0.2, -0.15) is 0 Å². The van der Waals surface area contributed by atoms with Gasteiger partial charge in [0.15, 0.2) is 11.6 Å². The van der Waals surface area contributed by atoms with Crippen LogP contribution >= 0.6 is 0 Å². The summed E-state index contributed by atoms with van der Waals surface area (Å²) in [7, 11) is 1.15. The first kappa shape index (κ1) is 20.8. The topological polar surface area (TPSA) is 59.0 Å². The number of carbonyl (C=O) groups is 1. The van der Waals surface area contributed by atoms with Crippen LogP contribution < -0.4 is 9.47 Å². The number of hydrogen-bond acceptors (Lipinski definition) is 4. The number of aliphatic hydroxyl groups excluding tert-OH is 1. The van der Waals surface area contributed by atoms with E-state index in [1.807, 2.05) is 0 Å². The Kier molecular flexibility index (Phi) is 5.65. The van der Waals surface area contributed by atoms with E-state index in [4.69, 9.17) is 4.74 Å². The van der Waals surface area contributed by atoms with Crippen molar-refractivity contribution >= 4 is 5.91 Å². The molecule has 2 aromatic carbocycles.